The van der Waals surface area contributed by atoms with E-state index in [1.54, 1.807) is 11.2 Å². The molecule has 0 radical (unpaired) electrons. The number of anilines is 1. The fourth-order valence-corrected chi connectivity index (χ4v) is 4.10. The van der Waals surface area contributed by atoms with Crippen molar-refractivity contribution in [3.63, 3.8) is 0 Å². The van der Waals surface area contributed by atoms with Gasteiger partial charge < -0.3 is 4.57 Å². The molecule has 5 rings (SSSR count). The van der Waals surface area contributed by atoms with Crippen molar-refractivity contribution in [3.8, 4) is 22.6 Å². The Morgan fingerprint density at radius 1 is 1.00 bits per heavy atom. The van der Waals surface area contributed by atoms with Crippen molar-refractivity contribution in [3.05, 3.63) is 83.7 Å². The van der Waals surface area contributed by atoms with E-state index >= 15 is 0 Å². The van der Waals surface area contributed by atoms with Crippen LogP contribution in [-0.4, -0.2) is 31.8 Å². The summed E-state index contributed by atoms with van der Waals surface area (Å²) in [6.45, 7) is 6.80. The summed E-state index contributed by atoms with van der Waals surface area (Å²) in [5.74, 6) is 1.29. The average Bonchev–Trinajstić information content (AvgIpc) is 3.50. The van der Waals surface area contributed by atoms with E-state index in [0.717, 1.165) is 28.7 Å². The first-order chi connectivity index (χ1) is 17.0. The highest BCUT2D eigenvalue weighted by molar-refractivity contribution is 6.10. The second-order valence-corrected chi connectivity index (χ2v) is 8.43. The molecule has 8 heteroatoms. The lowest BCUT2D eigenvalue weighted by atomic mass is 9.99. The monoisotopic (exact) mass is 467 g/mol. The van der Waals surface area contributed by atoms with Gasteiger partial charge in [-0.25, -0.2) is 4.98 Å². The van der Waals surface area contributed by atoms with Gasteiger partial charge in [0.2, 0.25) is 0 Å². The summed E-state index contributed by atoms with van der Waals surface area (Å²) >= 11 is 0. The molecule has 0 saturated heterocycles. The summed E-state index contributed by atoms with van der Waals surface area (Å²) < 4.78 is 1.97. The molecule has 8 nitrogen and oxygen atoms in total. The van der Waals surface area contributed by atoms with Gasteiger partial charge in [-0.05, 0) is 60.7 Å². The number of aromatic nitrogens is 4. The van der Waals surface area contributed by atoms with Crippen LogP contribution in [0.15, 0.2) is 67.0 Å². The van der Waals surface area contributed by atoms with Gasteiger partial charge in [-0.3, -0.25) is 9.69 Å². The first-order valence-corrected chi connectivity index (χ1v) is 11.4. The number of nitrogens with zero attached hydrogens (tertiary/aromatic N) is 5. The zero-order chi connectivity index (χ0) is 24.9. The number of pyridine rings is 1. The molecule has 1 amide bonds. The first kappa shape index (κ1) is 23.7. The molecule has 0 bridgehead atoms. The summed E-state index contributed by atoms with van der Waals surface area (Å²) in [5.41, 5.74) is 5.92. The minimum absolute atomic E-state index is 0.0259. The van der Waals surface area contributed by atoms with Crippen LogP contribution in [0.5, 0.6) is 0 Å². The lowest BCUT2D eigenvalue weighted by Crippen LogP contribution is -2.24. The fraction of sp³-hybridized carbons (Fsp3) is 0.222. The summed E-state index contributed by atoms with van der Waals surface area (Å²) in [6, 6.07) is 20.6. The molecule has 4 aromatic rings. The highest BCUT2D eigenvalue weighted by atomic mass is 16.2. The topological polar surface area (TPSA) is 98.1 Å². The van der Waals surface area contributed by atoms with Gasteiger partial charge in [0, 0.05) is 11.6 Å². The largest absolute Gasteiger partial charge is 0.373 e. The van der Waals surface area contributed by atoms with Gasteiger partial charge in [-0.1, -0.05) is 49.4 Å². The van der Waals surface area contributed by atoms with Crippen molar-refractivity contribution in [2.45, 2.75) is 39.8 Å². The fourth-order valence-electron chi connectivity index (χ4n) is 4.10. The van der Waals surface area contributed by atoms with Gasteiger partial charge in [0.25, 0.3) is 5.91 Å². The predicted molar refractivity (Wildman–Crippen MR) is 130 cm³/mol. The summed E-state index contributed by atoms with van der Waals surface area (Å²) in [4.78, 5) is 36.0. The molecule has 1 aliphatic heterocycles. The molecule has 35 heavy (non-hydrogen) atoms. The number of hydrogen-bond donors (Lipinski definition) is 0. The van der Waals surface area contributed by atoms with E-state index in [-0.39, 0.29) is 18.1 Å². The number of aryl methyl sites for hydroxylation is 1. The Morgan fingerprint density at radius 3 is 2.40 bits per heavy atom. The highest BCUT2D eigenvalue weighted by Gasteiger charge is 2.30. The van der Waals surface area contributed by atoms with Crippen LogP contribution in [0.2, 0.25) is 0 Å². The van der Waals surface area contributed by atoms with E-state index in [0.29, 0.717) is 23.9 Å². The van der Waals surface area contributed by atoms with E-state index in [9.17, 15) is 4.79 Å². The van der Waals surface area contributed by atoms with Crippen molar-refractivity contribution >= 4 is 17.9 Å². The number of carbonyl (C=O) groups is 1. The second kappa shape index (κ2) is 10.2. The van der Waals surface area contributed by atoms with Gasteiger partial charge >= 0.3 is 6.15 Å². The Kier molecular flexibility index (Phi) is 6.94. The number of carbonyl (C=O) groups excluding carboxylic acids is 3. The average molecular weight is 468 g/mol. The number of hydrogen-bond acceptors (Lipinski definition) is 6. The maximum atomic E-state index is 13.3. The molecule has 0 fully saturated rings. The second-order valence-electron chi connectivity index (χ2n) is 8.43. The quantitative estimate of drug-likeness (QED) is 0.421. The summed E-state index contributed by atoms with van der Waals surface area (Å²) in [7, 11) is 0. The first-order valence-electron chi connectivity index (χ1n) is 11.4. The molecular formula is C27H25N5O3. The van der Waals surface area contributed by atoms with Crippen LogP contribution >= 0.6 is 0 Å². The molecule has 0 aliphatic carbocycles. The third-order valence-corrected chi connectivity index (χ3v) is 5.98. The molecule has 0 unspecified atom stereocenters. The van der Waals surface area contributed by atoms with Crippen molar-refractivity contribution < 1.29 is 14.4 Å². The van der Waals surface area contributed by atoms with Crippen LogP contribution in [0.3, 0.4) is 0 Å². The molecule has 0 N–H and O–H groups in total. The van der Waals surface area contributed by atoms with Gasteiger partial charge in [-0.2, -0.15) is 9.59 Å². The number of fused-ring (bicyclic) bond motifs is 1. The highest BCUT2D eigenvalue weighted by Crippen LogP contribution is 2.32. The van der Waals surface area contributed by atoms with Crippen LogP contribution in [0.25, 0.3) is 22.6 Å². The normalized spacial score (nSPS) is 12.2. The van der Waals surface area contributed by atoms with E-state index in [2.05, 4.69) is 67.4 Å². The van der Waals surface area contributed by atoms with Gasteiger partial charge in [-0.15, -0.1) is 10.2 Å². The lowest BCUT2D eigenvalue weighted by molar-refractivity contribution is -0.191. The van der Waals surface area contributed by atoms with Crippen LogP contribution in [0.4, 0.5) is 5.82 Å². The van der Waals surface area contributed by atoms with Crippen LogP contribution in [0.1, 0.15) is 48.3 Å². The molecule has 0 spiro atoms. The van der Waals surface area contributed by atoms with Crippen molar-refractivity contribution in [1.29, 1.82) is 0 Å². The Labute approximate surface area is 203 Å². The molecule has 0 atom stereocenters. The molecule has 2 aromatic carbocycles. The maximum absolute atomic E-state index is 13.3. The Balaban J connectivity index is 0.000000917. The summed E-state index contributed by atoms with van der Waals surface area (Å²) in [5, 5.41) is 8.27. The van der Waals surface area contributed by atoms with Gasteiger partial charge in [0.1, 0.15) is 17.8 Å². The molecule has 176 valence electrons. The van der Waals surface area contributed by atoms with Crippen molar-refractivity contribution in [2.24, 2.45) is 0 Å². The van der Waals surface area contributed by atoms with Crippen molar-refractivity contribution in [2.75, 3.05) is 4.90 Å². The maximum Gasteiger partial charge on any atom is 0.373 e. The minimum atomic E-state index is -0.0259. The zero-order valence-corrected chi connectivity index (χ0v) is 19.8. The van der Waals surface area contributed by atoms with E-state index in [1.165, 1.54) is 5.56 Å². The number of amides is 1. The zero-order valence-electron chi connectivity index (χ0n) is 19.8. The molecule has 2 aromatic heterocycles. The van der Waals surface area contributed by atoms with Crippen LogP contribution in [0, 0.1) is 0 Å². The van der Waals surface area contributed by atoms with Crippen LogP contribution in [-0.2, 0) is 22.6 Å². The van der Waals surface area contributed by atoms with E-state index < -0.39 is 0 Å². The number of benzene rings is 2. The SMILES string of the molecule is CCc1ccc(-c2ccc3c(c2)C(=O)N(c2cccc(-c4nncn4C(C)C)n2)C3)cc1.O=C=O. The number of rotatable bonds is 5. The molecule has 1 aliphatic rings. The minimum Gasteiger partial charge on any atom is -0.310 e. The lowest BCUT2D eigenvalue weighted by Gasteiger charge is -2.16. The molecule has 0 saturated carbocycles. The Morgan fingerprint density at radius 2 is 1.71 bits per heavy atom. The predicted octanol–water partition coefficient (Wildman–Crippen LogP) is 4.73. The molecule has 3 heterocycles. The Bertz CT molecular complexity index is 1390. The van der Waals surface area contributed by atoms with Gasteiger partial charge in [0.05, 0.1) is 6.54 Å². The summed E-state index contributed by atoms with van der Waals surface area (Å²) in [6.07, 6.45) is 2.97. The third kappa shape index (κ3) is 4.78. The van der Waals surface area contributed by atoms with Crippen molar-refractivity contribution in [1.82, 2.24) is 19.7 Å². The third-order valence-electron chi connectivity index (χ3n) is 5.98. The van der Waals surface area contributed by atoms with Gasteiger partial charge in [0.15, 0.2) is 5.82 Å². The van der Waals surface area contributed by atoms with E-state index in [1.807, 2.05) is 28.8 Å². The Hall–Kier alpha value is -4.42. The molecular weight excluding hydrogens is 442 g/mol. The van der Waals surface area contributed by atoms with Crippen LogP contribution < -0.4 is 4.90 Å². The standard InChI is InChI=1S/C26H25N5O.CO2/c1-4-18-8-10-19(11-9-18)20-12-13-21-15-30(26(32)22(21)14-20)24-7-5-6-23(28-24)25-29-27-16-31(25)17(2)3;2-1-3/h5-14,16-17H,4,15H2,1-3H3;. The smallest absolute Gasteiger partial charge is 0.310 e. The van der Waals surface area contributed by atoms with E-state index in [4.69, 9.17) is 14.6 Å².